The Hall–Kier alpha value is -1.43. The molecular weight excluding hydrogens is 336 g/mol. The SMILES string of the molecule is O=C(CN1C[C@H]2CC[C@@H]1C2)N1CCC(C2NNCC2c2ccccc2)CC1. The van der Waals surface area contributed by atoms with Crippen molar-refractivity contribution in [1.29, 1.82) is 0 Å². The van der Waals surface area contributed by atoms with Crippen molar-refractivity contribution in [2.45, 2.75) is 50.1 Å². The molecule has 0 aromatic heterocycles. The molecule has 1 aromatic rings. The normalized spacial score (nSPS) is 34.4. The molecule has 0 spiro atoms. The van der Waals surface area contributed by atoms with Crippen LogP contribution >= 0.6 is 0 Å². The molecule has 2 bridgehead atoms. The third kappa shape index (κ3) is 3.53. The van der Waals surface area contributed by atoms with Gasteiger partial charge in [-0.05, 0) is 49.5 Å². The van der Waals surface area contributed by atoms with E-state index in [-0.39, 0.29) is 0 Å². The molecule has 4 aliphatic rings. The van der Waals surface area contributed by atoms with Gasteiger partial charge in [-0.25, -0.2) is 0 Å². The minimum Gasteiger partial charge on any atom is -0.342 e. The molecule has 2 unspecified atom stereocenters. The quantitative estimate of drug-likeness (QED) is 0.853. The van der Waals surface area contributed by atoms with Gasteiger partial charge in [-0.1, -0.05) is 30.3 Å². The number of amides is 1. The highest BCUT2D eigenvalue weighted by molar-refractivity contribution is 5.78. The van der Waals surface area contributed by atoms with E-state index in [1.54, 1.807) is 0 Å². The van der Waals surface area contributed by atoms with Gasteiger partial charge >= 0.3 is 0 Å². The smallest absolute Gasteiger partial charge is 0.236 e. The Kier molecular flexibility index (Phi) is 4.92. The molecule has 2 N–H and O–H groups in total. The van der Waals surface area contributed by atoms with Crippen molar-refractivity contribution in [2.24, 2.45) is 11.8 Å². The molecule has 5 rings (SSSR count). The summed E-state index contributed by atoms with van der Waals surface area (Å²) in [7, 11) is 0. The monoisotopic (exact) mass is 368 g/mol. The number of likely N-dealkylation sites (tertiary alicyclic amines) is 2. The summed E-state index contributed by atoms with van der Waals surface area (Å²) in [5.41, 5.74) is 8.33. The Morgan fingerprint density at radius 2 is 1.89 bits per heavy atom. The second kappa shape index (κ2) is 7.53. The molecule has 4 fully saturated rings. The van der Waals surface area contributed by atoms with Gasteiger partial charge in [-0.3, -0.25) is 20.5 Å². The van der Waals surface area contributed by atoms with Gasteiger partial charge in [0.1, 0.15) is 0 Å². The van der Waals surface area contributed by atoms with Crippen LogP contribution in [-0.2, 0) is 4.79 Å². The minimum absolute atomic E-state index is 0.359. The van der Waals surface area contributed by atoms with Crippen LogP contribution in [0.25, 0.3) is 0 Å². The van der Waals surface area contributed by atoms with E-state index in [9.17, 15) is 4.79 Å². The first-order valence-corrected chi connectivity index (χ1v) is 10.8. The fourth-order valence-electron chi connectivity index (χ4n) is 5.99. The summed E-state index contributed by atoms with van der Waals surface area (Å²) in [6.45, 7) is 4.65. The second-order valence-corrected chi connectivity index (χ2v) is 9.05. The molecule has 1 saturated carbocycles. The lowest BCUT2D eigenvalue weighted by Crippen LogP contribution is -2.49. The lowest BCUT2D eigenvalue weighted by molar-refractivity contribution is -0.134. The van der Waals surface area contributed by atoms with Crippen LogP contribution < -0.4 is 10.9 Å². The van der Waals surface area contributed by atoms with Gasteiger partial charge in [-0.15, -0.1) is 0 Å². The van der Waals surface area contributed by atoms with Crippen molar-refractivity contribution < 1.29 is 4.79 Å². The van der Waals surface area contributed by atoms with Crippen molar-refractivity contribution >= 4 is 5.91 Å². The number of fused-ring (bicyclic) bond motifs is 2. The third-order valence-electron chi connectivity index (χ3n) is 7.51. The highest BCUT2D eigenvalue weighted by Gasteiger charge is 2.40. The molecule has 146 valence electrons. The molecule has 5 nitrogen and oxygen atoms in total. The van der Waals surface area contributed by atoms with Crippen LogP contribution in [0.3, 0.4) is 0 Å². The minimum atomic E-state index is 0.359. The molecule has 5 heteroatoms. The van der Waals surface area contributed by atoms with Gasteiger partial charge in [0.2, 0.25) is 5.91 Å². The van der Waals surface area contributed by atoms with Crippen molar-refractivity contribution in [3.8, 4) is 0 Å². The van der Waals surface area contributed by atoms with Crippen molar-refractivity contribution in [2.75, 3.05) is 32.7 Å². The number of nitrogens with one attached hydrogen (secondary N) is 2. The molecule has 4 atom stereocenters. The molecule has 3 saturated heterocycles. The van der Waals surface area contributed by atoms with E-state index < -0.39 is 0 Å². The molecule has 1 amide bonds. The maximum Gasteiger partial charge on any atom is 0.236 e. The predicted octanol–water partition coefficient (Wildman–Crippen LogP) is 1.97. The number of hydrogen-bond acceptors (Lipinski definition) is 4. The summed E-state index contributed by atoms with van der Waals surface area (Å²) in [5.74, 6) is 2.39. The Bertz CT molecular complexity index is 658. The van der Waals surface area contributed by atoms with Crippen molar-refractivity contribution in [1.82, 2.24) is 20.7 Å². The van der Waals surface area contributed by atoms with E-state index in [0.29, 0.717) is 36.4 Å². The third-order valence-corrected chi connectivity index (χ3v) is 7.51. The molecular formula is C22H32N4O. The zero-order valence-corrected chi connectivity index (χ0v) is 16.1. The number of hydrazine groups is 1. The van der Waals surface area contributed by atoms with E-state index in [0.717, 1.165) is 44.9 Å². The number of rotatable bonds is 4. The van der Waals surface area contributed by atoms with E-state index >= 15 is 0 Å². The van der Waals surface area contributed by atoms with E-state index in [4.69, 9.17) is 0 Å². The Balaban J connectivity index is 1.15. The molecule has 0 radical (unpaired) electrons. The van der Waals surface area contributed by atoms with E-state index in [1.807, 2.05) is 0 Å². The van der Waals surface area contributed by atoms with Gasteiger partial charge in [0.15, 0.2) is 0 Å². The average molecular weight is 369 g/mol. The van der Waals surface area contributed by atoms with Crippen LogP contribution in [0.4, 0.5) is 0 Å². The predicted molar refractivity (Wildman–Crippen MR) is 106 cm³/mol. The van der Waals surface area contributed by atoms with Gasteiger partial charge < -0.3 is 4.90 Å². The molecule has 1 aromatic carbocycles. The maximum atomic E-state index is 12.8. The number of carbonyl (C=O) groups excluding carboxylic acids is 1. The molecule has 1 aliphatic carbocycles. The number of benzene rings is 1. The lowest BCUT2D eigenvalue weighted by Gasteiger charge is -2.37. The Labute approximate surface area is 162 Å². The standard InChI is InChI=1S/C22H32N4O/c27-21(15-26-14-16-6-7-19(26)12-16)25-10-8-18(9-11-25)22-20(13-23-24-22)17-4-2-1-3-5-17/h1-5,16,18-20,22-24H,6-15H2/t16-,19+,20?,22?/m0/s1. The first kappa shape index (κ1) is 17.7. The van der Waals surface area contributed by atoms with Crippen LogP contribution in [0, 0.1) is 11.8 Å². The summed E-state index contributed by atoms with van der Waals surface area (Å²) in [6, 6.07) is 12.0. The van der Waals surface area contributed by atoms with Gasteiger partial charge in [-0.2, -0.15) is 0 Å². The Morgan fingerprint density at radius 1 is 1.07 bits per heavy atom. The zero-order chi connectivity index (χ0) is 18.2. The summed E-state index contributed by atoms with van der Waals surface area (Å²) in [4.78, 5) is 17.4. The largest absolute Gasteiger partial charge is 0.342 e. The highest BCUT2D eigenvalue weighted by atomic mass is 16.2. The number of carbonyl (C=O) groups is 1. The van der Waals surface area contributed by atoms with Gasteiger partial charge in [0.05, 0.1) is 6.54 Å². The molecule has 27 heavy (non-hydrogen) atoms. The maximum absolute atomic E-state index is 12.8. The topological polar surface area (TPSA) is 47.6 Å². The van der Waals surface area contributed by atoms with Crippen LogP contribution in [0.2, 0.25) is 0 Å². The average Bonchev–Trinajstić information content (AvgIpc) is 3.45. The van der Waals surface area contributed by atoms with Crippen molar-refractivity contribution in [3.05, 3.63) is 35.9 Å². The van der Waals surface area contributed by atoms with Crippen LogP contribution in [0.1, 0.15) is 43.6 Å². The molecule has 3 heterocycles. The molecule has 3 aliphatic heterocycles. The fraction of sp³-hybridized carbons (Fsp3) is 0.682. The number of piperidine rings is 2. The number of nitrogens with zero attached hydrogens (tertiary/aromatic N) is 2. The van der Waals surface area contributed by atoms with Crippen LogP contribution in [0.15, 0.2) is 30.3 Å². The lowest BCUT2D eigenvalue weighted by atomic mass is 9.80. The summed E-state index contributed by atoms with van der Waals surface area (Å²) >= 11 is 0. The van der Waals surface area contributed by atoms with E-state index in [1.165, 1.54) is 24.8 Å². The van der Waals surface area contributed by atoms with E-state index in [2.05, 4.69) is 51.0 Å². The Morgan fingerprint density at radius 3 is 2.59 bits per heavy atom. The second-order valence-electron chi connectivity index (χ2n) is 9.05. The van der Waals surface area contributed by atoms with Crippen molar-refractivity contribution in [3.63, 3.8) is 0 Å². The van der Waals surface area contributed by atoms with Gasteiger partial charge in [0.25, 0.3) is 0 Å². The first-order chi connectivity index (χ1) is 13.3. The fourth-order valence-corrected chi connectivity index (χ4v) is 5.99. The number of hydrogen-bond donors (Lipinski definition) is 2. The highest BCUT2D eigenvalue weighted by Crippen LogP contribution is 2.37. The van der Waals surface area contributed by atoms with Crippen LogP contribution in [0.5, 0.6) is 0 Å². The first-order valence-electron chi connectivity index (χ1n) is 10.8. The zero-order valence-electron chi connectivity index (χ0n) is 16.1. The summed E-state index contributed by atoms with van der Waals surface area (Å²) < 4.78 is 0. The summed E-state index contributed by atoms with van der Waals surface area (Å²) in [5, 5.41) is 0. The van der Waals surface area contributed by atoms with Gasteiger partial charge in [0, 0.05) is 44.2 Å². The van der Waals surface area contributed by atoms with Crippen LogP contribution in [-0.4, -0.2) is 60.5 Å². The summed E-state index contributed by atoms with van der Waals surface area (Å²) in [6.07, 6.45) is 6.24.